The highest BCUT2D eigenvalue weighted by atomic mass is 16.5. The van der Waals surface area contributed by atoms with E-state index < -0.39 is 11.7 Å². The first-order valence-electron chi connectivity index (χ1n) is 10.3. The third-order valence-electron chi connectivity index (χ3n) is 5.67. The van der Waals surface area contributed by atoms with E-state index in [0.717, 1.165) is 12.8 Å². The number of phenolic OH excluding ortho intramolecular Hbond substituents is 3. The van der Waals surface area contributed by atoms with E-state index in [0.29, 0.717) is 16.9 Å². The Labute approximate surface area is 181 Å². The van der Waals surface area contributed by atoms with Gasteiger partial charge in [-0.1, -0.05) is 11.6 Å². The maximum absolute atomic E-state index is 12.8. The van der Waals surface area contributed by atoms with Gasteiger partial charge >= 0.3 is 0 Å². The molecule has 0 spiro atoms. The highest BCUT2D eigenvalue weighted by molar-refractivity contribution is 6.04. The number of hydrogen-bond donors (Lipinski definition) is 3. The van der Waals surface area contributed by atoms with Gasteiger partial charge in [-0.15, -0.1) is 0 Å². The maximum Gasteiger partial charge on any atom is 0.174 e. The standard InChI is InChI=1S/C25H26O6/c1-14(2)5-4-9-25(3)10-8-17-22(31-25)13-20(29)23-19(28)12-21(30-24(17)23)16-7-6-15(26)11-18(16)27/h5-8,10-11,13,21,26-27,29H,4,9,12H2,1-3H3. The smallest absolute Gasteiger partial charge is 0.174 e. The van der Waals surface area contributed by atoms with Crippen LogP contribution in [0.5, 0.6) is 28.7 Å². The number of allylic oxidation sites excluding steroid dienone is 2. The van der Waals surface area contributed by atoms with E-state index in [2.05, 4.69) is 19.9 Å². The van der Waals surface area contributed by atoms with E-state index in [1.54, 1.807) is 0 Å². The summed E-state index contributed by atoms with van der Waals surface area (Å²) in [6.45, 7) is 6.08. The van der Waals surface area contributed by atoms with Crippen molar-refractivity contribution in [2.45, 2.75) is 51.7 Å². The molecule has 6 nitrogen and oxygen atoms in total. The van der Waals surface area contributed by atoms with Crippen LogP contribution in [0.25, 0.3) is 6.08 Å². The number of benzene rings is 2. The fraction of sp³-hybridized carbons (Fsp3) is 0.320. The van der Waals surface area contributed by atoms with Crippen molar-refractivity contribution < 1.29 is 29.6 Å². The number of carbonyl (C=O) groups is 1. The summed E-state index contributed by atoms with van der Waals surface area (Å²) in [6, 6.07) is 5.63. The van der Waals surface area contributed by atoms with Crippen molar-refractivity contribution in [2.75, 3.05) is 0 Å². The second-order valence-corrected chi connectivity index (χ2v) is 8.56. The van der Waals surface area contributed by atoms with Crippen LogP contribution in [-0.2, 0) is 0 Å². The average molecular weight is 422 g/mol. The molecule has 0 amide bonds. The summed E-state index contributed by atoms with van der Waals surface area (Å²) in [5.41, 5.74) is 1.79. The maximum atomic E-state index is 12.8. The number of fused-ring (bicyclic) bond motifs is 3. The van der Waals surface area contributed by atoms with Crippen LogP contribution in [0, 0.1) is 0 Å². The normalized spacial score (nSPS) is 21.5. The molecule has 2 unspecified atom stereocenters. The lowest BCUT2D eigenvalue weighted by molar-refractivity contribution is 0.0836. The van der Waals surface area contributed by atoms with Gasteiger partial charge in [-0.3, -0.25) is 4.79 Å². The van der Waals surface area contributed by atoms with Crippen molar-refractivity contribution in [3.63, 3.8) is 0 Å². The molecule has 4 rings (SSSR count). The predicted octanol–water partition coefficient (Wildman–Crippen LogP) is 5.42. The number of hydrogen-bond acceptors (Lipinski definition) is 6. The zero-order valence-corrected chi connectivity index (χ0v) is 17.8. The number of rotatable bonds is 4. The molecule has 0 saturated heterocycles. The molecule has 2 aliphatic rings. The number of carbonyl (C=O) groups excluding carboxylic acids is 1. The Hall–Kier alpha value is -3.41. The fourth-order valence-electron chi connectivity index (χ4n) is 4.03. The van der Waals surface area contributed by atoms with Crippen molar-refractivity contribution in [1.29, 1.82) is 0 Å². The fourth-order valence-corrected chi connectivity index (χ4v) is 4.03. The molecule has 2 atom stereocenters. The summed E-state index contributed by atoms with van der Waals surface area (Å²) in [5.74, 6) is -0.0250. The third kappa shape index (κ3) is 3.98. The van der Waals surface area contributed by atoms with Crippen molar-refractivity contribution in [3.05, 3.63) is 58.7 Å². The Bertz CT molecular complexity index is 1110. The largest absolute Gasteiger partial charge is 0.508 e. The molecule has 0 bridgehead atoms. The van der Waals surface area contributed by atoms with Gasteiger partial charge in [-0.25, -0.2) is 0 Å². The second-order valence-electron chi connectivity index (χ2n) is 8.56. The Morgan fingerprint density at radius 1 is 1.19 bits per heavy atom. The first-order chi connectivity index (χ1) is 14.7. The molecule has 2 aromatic carbocycles. The van der Waals surface area contributed by atoms with E-state index >= 15 is 0 Å². The average Bonchev–Trinajstić information content (AvgIpc) is 2.66. The van der Waals surface area contributed by atoms with Gasteiger partial charge < -0.3 is 24.8 Å². The highest BCUT2D eigenvalue weighted by Crippen LogP contribution is 2.49. The van der Waals surface area contributed by atoms with Crippen LogP contribution in [0.3, 0.4) is 0 Å². The Balaban J connectivity index is 1.70. The lowest BCUT2D eigenvalue weighted by atomic mass is 9.90. The van der Waals surface area contributed by atoms with Crippen LogP contribution >= 0.6 is 0 Å². The van der Waals surface area contributed by atoms with Crippen molar-refractivity contribution in [3.8, 4) is 28.7 Å². The molecule has 6 heteroatoms. The first kappa shape index (κ1) is 20.8. The predicted molar refractivity (Wildman–Crippen MR) is 117 cm³/mol. The van der Waals surface area contributed by atoms with Gasteiger partial charge in [0.05, 0.1) is 12.0 Å². The summed E-state index contributed by atoms with van der Waals surface area (Å²) in [7, 11) is 0. The molecule has 31 heavy (non-hydrogen) atoms. The lowest BCUT2D eigenvalue weighted by Crippen LogP contribution is -2.32. The number of ether oxygens (including phenoxy) is 2. The van der Waals surface area contributed by atoms with Gasteiger partial charge in [0.2, 0.25) is 0 Å². The van der Waals surface area contributed by atoms with Gasteiger partial charge in [-0.2, -0.15) is 0 Å². The number of ketones is 1. The van der Waals surface area contributed by atoms with Crippen LogP contribution < -0.4 is 9.47 Å². The summed E-state index contributed by atoms with van der Waals surface area (Å²) in [4.78, 5) is 12.8. The van der Waals surface area contributed by atoms with E-state index in [1.165, 1.54) is 29.8 Å². The minimum atomic E-state index is -0.745. The van der Waals surface area contributed by atoms with Crippen molar-refractivity contribution in [1.82, 2.24) is 0 Å². The summed E-state index contributed by atoms with van der Waals surface area (Å²) < 4.78 is 12.3. The minimum absolute atomic E-state index is 0.0390. The molecule has 0 radical (unpaired) electrons. The molecule has 0 aliphatic carbocycles. The van der Waals surface area contributed by atoms with Crippen molar-refractivity contribution in [2.24, 2.45) is 0 Å². The number of aromatic hydroxyl groups is 3. The zero-order valence-electron chi connectivity index (χ0n) is 17.8. The molecule has 2 heterocycles. The van der Waals surface area contributed by atoms with Crippen LogP contribution in [-0.4, -0.2) is 26.7 Å². The number of phenols is 3. The molecular weight excluding hydrogens is 396 g/mol. The minimum Gasteiger partial charge on any atom is -0.508 e. The SMILES string of the molecule is CC(C)=CCCC1(C)C=Cc2c(cc(O)c3c2OC(c2ccc(O)cc2O)CC3=O)O1. The van der Waals surface area contributed by atoms with Crippen LogP contribution in [0.2, 0.25) is 0 Å². The van der Waals surface area contributed by atoms with E-state index in [-0.39, 0.29) is 40.8 Å². The molecule has 0 aromatic heterocycles. The second kappa shape index (κ2) is 7.69. The van der Waals surface area contributed by atoms with Crippen LogP contribution in [0.1, 0.15) is 67.6 Å². The molecule has 0 fully saturated rings. The summed E-state index contributed by atoms with van der Waals surface area (Å²) in [6.07, 6.45) is 6.79. The number of Topliss-reactive ketones (excluding diaryl/α,β-unsaturated/α-hetero) is 1. The third-order valence-corrected chi connectivity index (χ3v) is 5.67. The van der Waals surface area contributed by atoms with Gasteiger partial charge in [-0.05, 0) is 57.9 Å². The van der Waals surface area contributed by atoms with Crippen LogP contribution in [0.4, 0.5) is 0 Å². The first-order valence-corrected chi connectivity index (χ1v) is 10.3. The Kier molecular flexibility index (Phi) is 5.17. The molecular formula is C25H26O6. The van der Waals surface area contributed by atoms with Gasteiger partial charge in [0.15, 0.2) is 5.78 Å². The van der Waals surface area contributed by atoms with E-state index in [1.807, 2.05) is 19.1 Å². The van der Waals surface area contributed by atoms with E-state index in [4.69, 9.17) is 9.47 Å². The van der Waals surface area contributed by atoms with Gasteiger partial charge in [0.1, 0.15) is 46.0 Å². The summed E-state index contributed by atoms with van der Waals surface area (Å²) >= 11 is 0. The monoisotopic (exact) mass is 422 g/mol. The topological polar surface area (TPSA) is 96.2 Å². The Morgan fingerprint density at radius 2 is 1.97 bits per heavy atom. The molecule has 0 saturated carbocycles. The van der Waals surface area contributed by atoms with Crippen LogP contribution in [0.15, 0.2) is 42.0 Å². The quantitative estimate of drug-likeness (QED) is 0.569. The lowest BCUT2D eigenvalue weighted by Gasteiger charge is -2.34. The highest BCUT2D eigenvalue weighted by Gasteiger charge is 2.37. The van der Waals surface area contributed by atoms with E-state index in [9.17, 15) is 20.1 Å². The zero-order chi connectivity index (χ0) is 22.3. The molecule has 3 N–H and O–H groups in total. The van der Waals surface area contributed by atoms with Gasteiger partial charge in [0, 0.05) is 17.7 Å². The molecule has 2 aliphatic heterocycles. The van der Waals surface area contributed by atoms with Gasteiger partial charge in [0.25, 0.3) is 0 Å². The Morgan fingerprint density at radius 3 is 2.68 bits per heavy atom. The van der Waals surface area contributed by atoms with Crippen molar-refractivity contribution >= 4 is 11.9 Å². The molecule has 162 valence electrons. The molecule has 2 aromatic rings. The summed E-state index contributed by atoms with van der Waals surface area (Å²) in [5, 5.41) is 30.3.